The molecule has 1 aliphatic heterocycles. The Morgan fingerprint density at radius 3 is 2.36 bits per heavy atom. The van der Waals surface area contributed by atoms with Gasteiger partial charge >= 0.3 is 6.18 Å². The maximum Gasteiger partial charge on any atom is 0.416 e. The molecule has 42 heavy (non-hydrogen) atoms. The van der Waals surface area contributed by atoms with Crippen molar-refractivity contribution in [1.29, 1.82) is 0 Å². The van der Waals surface area contributed by atoms with Crippen LogP contribution in [0.15, 0.2) is 36.4 Å². The summed E-state index contributed by atoms with van der Waals surface area (Å²) in [5, 5.41) is 6.92. The Kier molecular flexibility index (Phi) is 12.3. The molecule has 1 aliphatic rings. The van der Waals surface area contributed by atoms with Gasteiger partial charge in [0.15, 0.2) is 0 Å². The Hall–Kier alpha value is -2.57. The van der Waals surface area contributed by atoms with Crippen molar-refractivity contribution in [1.82, 2.24) is 20.4 Å². The molecular formula is C29H38Cl2F3N5O3. The number of amides is 2. The highest BCUT2D eigenvalue weighted by Gasteiger charge is 2.32. The molecule has 0 aliphatic carbocycles. The molecule has 2 aromatic rings. The van der Waals surface area contributed by atoms with Crippen molar-refractivity contribution < 1.29 is 27.5 Å². The Balaban J connectivity index is 1.72. The largest absolute Gasteiger partial charge is 0.416 e. The summed E-state index contributed by atoms with van der Waals surface area (Å²) in [6, 6.07) is 7.98. The van der Waals surface area contributed by atoms with Crippen LogP contribution in [0.3, 0.4) is 0 Å². The molecule has 0 saturated carbocycles. The fourth-order valence-corrected chi connectivity index (χ4v) is 5.40. The van der Waals surface area contributed by atoms with E-state index < -0.39 is 17.8 Å². The SMILES string of the molecule is COCC(C)NCc1cc(C(F)(F)F)ccc1N1CCN(C(=O)CC(NC(=O)CN(C)C)c2ccc(Cl)cc2Cl)CC1. The highest BCUT2D eigenvalue weighted by atomic mass is 35.5. The molecule has 0 radical (unpaired) electrons. The second-order valence-electron chi connectivity index (χ2n) is 10.7. The maximum atomic E-state index is 13.5. The van der Waals surface area contributed by atoms with Gasteiger partial charge in [0.05, 0.1) is 31.2 Å². The van der Waals surface area contributed by atoms with E-state index in [-0.39, 0.29) is 37.4 Å². The van der Waals surface area contributed by atoms with Gasteiger partial charge in [-0.1, -0.05) is 29.3 Å². The van der Waals surface area contributed by atoms with Gasteiger partial charge in [0, 0.05) is 61.6 Å². The summed E-state index contributed by atoms with van der Waals surface area (Å²) in [4.78, 5) is 31.4. The van der Waals surface area contributed by atoms with Crippen molar-refractivity contribution in [2.75, 3.05) is 65.4 Å². The number of likely N-dealkylation sites (N-methyl/N-ethyl adjacent to an activating group) is 1. The number of benzene rings is 2. The highest BCUT2D eigenvalue weighted by Crippen LogP contribution is 2.34. The van der Waals surface area contributed by atoms with E-state index in [1.165, 1.54) is 12.1 Å². The number of rotatable bonds is 12. The average molecular weight is 633 g/mol. The summed E-state index contributed by atoms with van der Waals surface area (Å²) in [7, 11) is 5.11. The van der Waals surface area contributed by atoms with Gasteiger partial charge in [0.25, 0.3) is 0 Å². The number of anilines is 1. The fraction of sp³-hybridized carbons (Fsp3) is 0.517. The van der Waals surface area contributed by atoms with Gasteiger partial charge < -0.3 is 30.1 Å². The predicted molar refractivity (Wildman–Crippen MR) is 159 cm³/mol. The third-order valence-electron chi connectivity index (χ3n) is 6.95. The molecule has 232 valence electrons. The summed E-state index contributed by atoms with van der Waals surface area (Å²) in [5.41, 5.74) is 1.09. The number of methoxy groups -OCH3 is 1. The van der Waals surface area contributed by atoms with Crippen molar-refractivity contribution in [2.45, 2.75) is 38.1 Å². The van der Waals surface area contributed by atoms with Crippen LogP contribution in [0.2, 0.25) is 10.0 Å². The first-order chi connectivity index (χ1) is 19.8. The number of alkyl halides is 3. The Morgan fingerprint density at radius 1 is 1.07 bits per heavy atom. The molecule has 1 fully saturated rings. The number of ether oxygens (including phenoxy) is 1. The van der Waals surface area contributed by atoms with E-state index >= 15 is 0 Å². The number of hydrogen-bond donors (Lipinski definition) is 2. The minimum atomic E-state index is -4.46. The minimum absolute atomic E-state index is 0.00659. The van der Waals surface area contributed by atoms with Crippen LogP contribution in [0.4, 0.5) is 18.9 Å². The van der Waals surface area contributed by atoms with Crippen LogP contribution in [0, 0.1) is 0 Å². The standard InChI is InChI=1S/C29H38Cl2F3N5O3/c1-19(18-42-4)35-16-20-13-21(29(32,33)34)5-8-26(20)38-9-11-39(12-10-38)28(41)15-25(36-27(40)17-37(2)3)23-7-6-22(30)14-24(23)31/h5-8,13-14,19,25,35H,9-12,15-18H2,1-4H3,(H,36,40). The van der Waals surface area contributed by atoms with E-state index in [1.807, 2.05) is 11.8 Å². The molecule has 2 aromatic carbocycles. The molecule has 2 amide bonds. The molecule has 2 atom stereocenters. The predicted octanol–water partition coefficient (Wildman–Crippen LogP) is 4.59. The number of halogens is 5. The summed E-state index contributed by atoms with van der Waals surface area (Å²) in [6.45, 7) is 4.33. The summed E-state index contributed by atoms with van der Waals surface area (Å²) in [6.07, 6.45) is -4.46. The van der Waals surface area contributed by atoms with Crippen molar-refractivity contribution in [3.8, 4) is 0 Å². The van der Waals surface area contributed by atoms with Crippen LogP contribution in [-0.2, 0) is 27.0 Å². The molecule has 2 N–H and O–H groups in total. The number of hydrogen-bond acceptors (Lipinski definition) is 6. The molecule has 2 unspecified atom stereocenters. The van der Waals surface area contributed by atoms with Gasteiger partial charge in [0.2, 0.25) is 11.8 Å². The zero-order valence-corrected chi connectivity index (χ0v) is 25.7. The smallest absolute Gasteiger partial charge is 0.383 e. The van der Waals surface area contributed by atoms with Gasteiger partial charge in [-0.2, -0.15) is 13.2 Å². The molecule has 8 nitrogen and oxygen atoms in total. The first-order valence-corrected chi connectivity index (χ1v) is 14.4. The number of nitrogens with zero attached hydrogens (tertiary/aromatic N) is 3. The number of piperazine rings is 1. The van der Waals surface area contributed by atoms with Crippen LogP contribution >= 0.6 is 23.2 Å². The third-order valence-corrected chi connectivity index (χ3v) is 7.51. The molecule has 0 spiro atoms. The Bertz CT molecular complexity index is 1220. The first-order valence-electron chi connectivity index (χ1n) is 13.6. The highest BCUT2D eigenvalue weighted by molar-refractivity contribution is 6.35. The molecule has 1 saturated heterocycles. The first kappa shape index (κ1) is 33.9. The van der Waals surface area contributed by atoms with Crippen molar-refractivity contribution >= 4 is 40.7 Å². The van der Waals surface area contributed by atoms with Gasteiger partial charge in [0.1, 0.15) is 0 Å². The fourth-order valence-electron chi connectivity index (χ4n) is 4.86. The topological polar surface area (TPSA) is 77.1 Å². The zero-order chi connectivity index (χ0) is 31.0. The van der Waals surface area contributed by atoms with Crippen LogP contribution in [0.25, 0.3) is 0 Å². The Labute approximate surface area is 255 Å². The molecule has 1 heterocycles. The van der Waals surface area contributed by atoms with Gasteiger partial charge in [-0.25, -0.2) is 0 Å². The summed E-state index contributed by atoms with van der Waals surface area (Å²) >= 11 is 12.5. The molecule has 0 bridgehead atoms. The Morgan fingerprint density at radius 2 is 1.76 bits per heavy atom. The average Bonchev–Trinajstić information content (AvgIpc) is 2.90. The molecule has 0 aromatic heterocycles. The second kappa shape index (κ2) is 15.2. The molecule has 13 heteroatoms. The van der Waals surface area contributed by atoms with E-state index in [9.17, 15) is 22.8 Å². The van der Waals surface area contributed by atoms with Crippen molar-refractivity contribution in [2.24, 2.45) is 0 Å². The van der Waals surface area contributed by atoms with Crippen LogP contribution < -0.4 is 15.5 Å². The summed E-state index contributed by atoms with van der Waals surface area (Å²) < 4.78 is 45.5. The van der Waals surface area contributed by atoms with Gasteiger partial charge in [-0.05, 0) is 62.5 Å². The lowest BCUT2D eigenvalue weighted by molar-refractivity contribution is -0.137. The normalized spacial score (nSPS) is 15.6. The van der Waals surface area contributed by atoms with E-state index in [0.29, 0.717) is 59.6 Å². The van der Waals surface area contributed by atoms with Crippen LogP contribution in [0.5, 0.6) is 0 Å². The third kappa shape index (κ3) is 9.74. The van der Waals surface area contributed by atoms with E-state index in [1.54, 1.807) is 49.2 Å². The van der Waals surface area contributed by atoms with Crippen molar-refractivity contribution in [3.05, 3.63) is 63.1 Å². The van der Waals surface area contributed by atoms with Crippen LogP contribution in [0.1, 0.15) is 36.1 Å². The number of nitrogens with one attached hydrogen (secondary N) is 2. The zero-order valence-electron chi connectivity index (χ0n) is 24.2. The van der Waals surface area contributed by atoms with Crippen LogP contribution in [-0.4, -0.2) is 88.2 Å². The minimum Gasteiger partial charge on any atom is -0.383 e. The molecular weight excluding hydrogens is 594 g/mol. The lowest BCUT2D eigenvalue weighted by atomic mass is 10.0. The molecule has 3 rings (SSSR count). The summed E-state index contributed by atoms with van der Waals surface area (Å²) in [5.74, 6) is -0.421. The monoisotopic (exact) mass is 631 g/mol. The number of carbonyl (C=O) groups is 2. The van der Waals surface area contributed by atoms with Gasteiger partial charge in [-0.15, -0.1) is 0 Å². The van der Waals surface area contributed by atoms with E-state index in [2.05, 4.69) is 10.6 Å². The quantitative estimate of drug-likeness (QED) is 0.357. The van der Waals surface area contributed by atoms with Gasteiger partial charge in [-0.3, -0.25) is 9.59 Å². The second-order valence-corrected chi connectivity index (χ2v) is 11.5. The van der Waals surface area contributed by atoms with E-state index in [0.717, 1.165) is 6.07 Å². The van der Waals surface area contributed by atoms with Crippen molar-refractivity contribution in [3.63, 3.8) is 0 Å². The lowest BCUT2D eigenvalue weighted by Crippen LogP contribution is -2.50. The van der Waals surface area contributed by atoms with E-state index in [4.69, 9.17) is 27.9 Å². The maximum absolute atomic E-state index is 13.5. The number of carbonyl (C=O) groups excluding carboxylic acids is 2. The lowest BCUT2D eigenvalue weighted by Gasteiger charge is -2.38.